The quantitative estimate of drug-likeness (QED) is 0.860. The van der Waals surface area contributed by atoms with Crippen molar-refractivity contribution in [3.63, 3.8) is 0 Å². The van der Waals surface area contributed by atoms with Crippen LogP contribution in [0, 0.1) is 11.8 Å². The minimum atomic E-state index is -0.0945. The summed E-state index contributed by atoms with van der Waals surface area (Å²) < 4.78 is 11.1. The van der Waals surface area contributed by atoms with Crippen molar-refractivity contribution >= 4 is 28.3 Å². The van der Waals surface area contributed by atoms with E-state index in [4.69, 9.17) is 9.47 Å². The Balaban J connectivity index is 1.46. The highest BCUT2D eigenvalue weighted by molar-refractivity contribution is 7.13. The van der Waals surface area contributed by atoms with Crippen molar-refractivity contribution in [1.29, 1.82) is 0 Å². The second-order valence-electron chi connectivity index (χ2n) is 6.79. The van der Waals surface area contributed by atoms with Crippen LogP contribution in [0.15, 0.2) is 5.38 Å². The molecule has 0 atom stereocenters. The number of ether oxygens (including phenoxy) is 2. The summed E-state index contributed by atoms with van der Waals surface area (Å²) in [5.74, 6) is 0.302. The Hall–Kier alpha value is -1.51. The summed E-state index contributed by atoms with van der Waals surface area (Å²) in [5.41, 5.74) is 0.707. The topological polar surface area (TPSA) is 80.8 Å². The van der Waals surface area contributed by atoms with E-state index in [1.807, 2.05) is 24.1 Å². The maximum Gasteiger partial charge on any atom is 0.228 e. The minimum absolute atomic E-state index is 0.0642. The molecule has 2 aliphatic rings. The maximum atomic E-state index is 12.5. The third-order valence-electron chi connectivity index (χ3n) is 4.56. The van der Waals surface area contributed by atoms with Gasteiger partial charge in [0, 0.05) is 30.3 Å². The molecule has 0 unspecified atom stereocenters. The van der Waals surface area contributed by atoms with E-state index in [-0.39, 0.29) is 30.4 Å². The number of anilines is 1. The summed E-state index contributed by atoms with van der Waals surface area (Å²) in [6, 6.07) is 0. The van der Waals surface area contributed by atoms with Crippen molar-refractivity contribution in [2.24, 2.45) is 11.8 Å². The van der Waals surface area contributed by atoms with E-state index in [2.05, 4.69) is 10.3 Å². The minimum Gasteiger partial charge on any atom is -0.350 e. The number of likely N-dealkylation sites (tertiary alicyclic amines) is 1. The number of piperidine rings is 1. The number of nitrogens with zero attached hydrogens (tertiary/aromatic N) is 2. The molecule has 0 aromatic carbocycles. The Morgan fingerprint density at radius 3 is 2.64 bits per heavy atom. The second-order valence-corrected chi connectivity index (χ2v) is 7.65. The molecule has 0 bridgehead atoms. The number of hydrogen-bond donors (Lipinski definition) is 1. The first kappa shape index (κ1) is 18.3. The van der Waals surface area contributed by atoms with Gasteiger partial charge in [0.15, 0.2) is 11.4 Å². The molecule has 0 radical (unpaired) electrons. The smallest absolute Gasteiger partial charge is 0.228 e. The molecule has 3 rings (SSSR count). The van der Waals surface area contributed by atoms with E-state index in [0.717, 1.165) is 25.9 Å². The fourth-order valence-electron chi connectivity index (χ4n) is 3.03. The zero-order valence-corrected chi connectivity index (χ0v) is 15.5. The van der Waals surface area contributed by atoms with E-state index in [1.54, 1.807) is 0 Å². The molecule has 8 heteroatoms. The van der Waals surface area contributed by atoms with Crippen LogP contribution in [0.2, 0.25) is 0 Å². The standard InChI is InChI=1S/C17H25N3O4S/c1-11(2)15(22)19-17-18-13(10-25-17)9-14(21)20-5-3-12(4-6-20)16-23-7-8-24-16/h10-12,16H,3-9H2,1-2H3,(H,18,19,22). The van der Waals surface area contributed by atoms with Gasteiger partial charge in [0.1, 0.15) is 0 Å². The van der Waals surface area contributed by atoms with Crippen LogP contribution in [-0.2, 0) is 25.5 Å². The predicted molar refractivity (Wildman–Crippen MR) is 94.3 cm³/mol. The van der Waals surface area contributed by atoms with Crippen LogP contribution in [0.1, 0.15) is 32.4 Å². The van der Waals surface area contributed by atoms with Crippen molar-refractivity contribution in [2.45, 2.75) is 39.4 Å². The highest BCUT2D eigenvalue weighted by Gasteiger charge is 2.31. The summed E-state index contributed by atoms with van der Waals surface area (Å²) in [6.07, 6.45) is 1.99. The molecule has 1 aromatic heterocycles. The Morgan fingerprint density at radius 1 is 1.32 bits per heavy atom. The van der Waals surface area contributed by atoms with Gasteiger partial charge < -0.3 is 19.7 Å². The van der Waals surface area contributed by atoms with Gasteiger partial charge in [-0.1, -0.05) is 13.8 Å². The first-order valence-corrected chi connectivity index (χ1v) is 9.67. The first-order valence-electron chi connectivity index (χ1n) is 8.79. The molecule has 2 amide bonds. The lowest BCUT2D eigenvalue weighted by molar-refractivity contribution is -0.136. The van der Waals surface area contributed by atoms with Gasteiger partial charge in [-0.25, -0.2) is 4.98 Å². The Bertz CT molecular complexity index is 605. The molecule has 3 heterocycles. The average Bonchev–Trinajstić information content (AvgIpc) is 3.27. The lowest BCUT2D eigenvalue weighted by atomic mass is 9.96. The van der Waals surface area contributed by atoms with Crippen LogP contribution >= 0.6 is 11.3 Å². The summed E-state index contributed by atoms with van der Waals surface area (Å²) in [5, 5.41) is 5.15. The maximum absolute atomic E-state index is 12.5. The lowest BCUT2D eigenvalue weighted by Gasteiger charge is -2.33. The average molecular weight is 367 g/mol. The van der Waals surface area contributed by atoms with Crippen LogP contribution < -0.4 is 5.32 Å². The predicted octanol–water partition coefficient (Wildman–Crippen LogP) is 1.89. The molecular weight excluding hydrogens is 342 g/mol. The molecule has 25 heavy (non-hydrogen) atoms. The molecule has 0 aliphatic carbocycles. The third-order valence-corrected chi connectivity index (χ3v) is 5.37. The molecule has 1 aromatic rings. The van der Waals surface area contributed by atoms with E-state index in [9.17, 15) is 9.59 Å². The molecule has 2 aliphatic heterocycles. The number of rotatable bonds is 5. The second kappa shape index (κ2) is 8.25. The van der Waals surface area contributed by atoms with Gasteiger partial charge in [0.05, 0.1) is 25.3 Å². The monoisotopic (exact) mass is 367 g/mol. The zero-order chi connectivity index (χ0) is 17.8. The SMILES string of the molecule is CC(C)C(=O)Nc1nc(CC(=O)N2CCC(C3OCCO3)CC2)cs1. The molecule has 2 fully saturated rings. The zero-order valence-electron chi connectivity index (χ0n) is 14.7. The third kappa shape index (κ3) is 4.77. The highest BCUT2D eigenvalue weighted by Crippen LogP contribution is 2.26. The van der Waals surface area contributed by atoms with Crippen LogP contribution in [0.5, 0.6) is 0 Å². The normalized spacial score (nSPS) is 19.6. The molecular formula is C17H25N3O4S. The van der Waals surface area contributed by atoms with Gasteiger partial charge in [-0.05, 0) is 12.8 Å². The van der Waals surface area contributed by atoms with Crippen molar-refractivity contribution in [3.8, 4) is 0 Å². The molecule has 0 spiro atoms. The lowest BCUT2D eigenvalue weighted by Crippen LogP contribution is -2.42. The molecule has 1 N–H and O–H groups in total. The number of carbonyl (C=O) groups is 2. The summed E-state index contributed by atoms with van der Waals surface area (Å²) >= 11 is 1.35. The Morgan fingerprint density at radius 2 is 2.00 bits per heavy atom. The van der Waals surface area contributed by atoms with E-state index in [1.165, 1.54) is 11.3 Å². The number of amides is 2. The first-order chi connectivity index (χ1) is 12.0. The van der Waals surface area contributed by atoms with Gasteiger partial charge in [0.25, 0.3) is 0 Å². The van der Waals surface area contributed by atoms with Crippen molar-refractivity contribution in [3.05, 3.63) is 11.1 Å². The van der Waals surface area contributed by atoms with Crippen LogP contribution in [0.4, 0.5) is 5.13 Å². The van der Waals surface area contributed by atoms with Crippen LogP contribution in [0.25, 0.3) is 0 Å². The Kier molecular flexibility index (Phi) is 6.03. The molecule has 138 valence electrons. The number of hydrogen-bond acceptors (Lipinski definition) is 6. The van der Waals surface area contributed by atoms with Gasteiger partial charge in [0.2, 0.25) is 11.8 Å². The van der Waals surface area contributed by atoms with Crippen LogP contribution in [-0.4, -0.2) is 54.3 Å². The van der Waals surface area contributed by atoms with Crippen molar-refractivity contribution in [1.82, 2.24) is 9.88 Å². The number of carbonyl (C=O) groups excluding carboxylic acids is 2. The van der Waals surface area contributed by atoms with E-state index in [0.29, 0.717) is 30.0 Å². The number of nitrogens with one attached hydrogen (secondary N) is 1. The van der Waals surface area contributed by atoms with Gasteiger partial charge in [-0.15, -0.1) is 11.3 Å². The summed E-state index contributed by atoms with van der Waals surface area (Å²) in [4.78, 5) is 30.4. The summed E-state index contributed by atoms with van der Waals surface area (Å²) in [7, 11) is 0. The van der Waals surface area contributed by atoms with Gasteiger partial charge >= 0.3 is 0 Å². The van der Waals surface area contributed by atoms with Crippen molar-refractivity contribution < 1.29 is 19.1 Å². The molecule has 7 nitrogen and oxygen atoms in total. The fourth-order valence-corrected chi connectivity index (χ4v) is 3.75. The number of thiazole rings is 1. The largest absolute Gasteiger partial charge is 0.350 e. The van der Waals surface area contributed by atoms with E-state index < -0.39 is 0 Å². The van der Waals surface area contributed by atoms with Crippen LogP contribution in [0.3, 0.4) is 0 Å². The molecule has 0 saturated carbocycles. The van der Waals surface area contributed by atoms with Crippen molar-refractivity contribution in [2.75, 3.05) is 31.6 Å². The highest BCUT2D eigenvalue weighted by atomic mass is 32.1. The number of aromatic nitrogens is 1. The van der Waals surface area contributed by atoms with Gasteiger partial charge in [-0.3, -0.25) is 9.59 Å². The van der Waals surface area contributed by atoms with Gasteiger partial charge in [-0.2, -0.15) is 0 Å². The molecule has 2 saturated heterocycles. The Labute approximate surface area is 151 Å². The fraction of sp³-hybridized carbons (Fsp3) is 0.706. The summed E-state index contributed by atoms with van der Waals surface area (Å²) in [6.45, 7) is 6.46. The van der Waals surface area contributed by atoms with E-state index >= 15 is 0 Å².